The smallest absolute Gasteiger partial charge is 0.258 e. The van der Waals surface area contributed by atoms with Gasteiger partial charge in [0.2, 0.25) is 0 Å². The molecule has 0 aliphatic heterocycles. The molecule has 0 atom stereocenters. The summed E-state index contributed by atoms with van der Waals surface area (Å²) in [7, 11) is 0. The van der Waals surface area contributed by atoms with Crippen LogP contribution in [-0.4, -0.2) is 16.9 Å². The van der Waals surface area contributed by atoms with Gasteiger partial charge in [0.15, 0.2) is 5.11 Å². The van der Waals surface area contributed by atoms with Crippen molar-refractivity contribution in [3.63, 3.8) is 0 Å². The molecule has 0 spiro atoms. The van der Waals surface area contributed by atoms with E-state index in [-0.39, 0.29) is 11.0 Å². The Bertz CT molecular complexity index is 988. The lowest BCUT2D eigenvalue weighted by Gasteiger charge is -2.11. The molecule has 2 amide bonds. The molecule has 0 saturated heterocycles. The summed E-state index contributed by atoms with van der Waals surface area (Å²) in [6, 6.07) is 16.9. The van der Waals surface area contributed by atoms with Crippen LogP contribution in [0.15, 0.2) is 71.3 Å². The largest absolute Gasteiger partial charge is 0.467 e. The summed E-state index contributed by atoms with van der Waals surface area (Å²) in [5, 5.41) is 8.69. The van der Waals surface area contributed by atoms with Gasteiger partial charge in [-0.15, -0.1) is 0 Å². The second-order valence-corrected chi connectivity index (χ2v) is 6.54. The van der Waals surface area contributed by atoms with Gasteiger partial charge in [0.05, 0.1) is 23.4 Å². The third-order valence-corrected chi connectivity index (χ3v) is 4.29. The Hall–Kier alpha value is -3.16. The van der Waals surface area contributed by atoms with Gasteiger partial charge in [0.25, 0.3) is 11.8 Å². The van der Waals surface area contributed by atoms with Crippen LogP contribution < -0.4 is 16.0 Å². The van der Waals surface area contributed by atoms with Gasteiger partial charge in [-0.1, -0.05) is 23.7 Å². The van der Waals surface area contributed by atoms with Gasteiger partial charge in [0, 0.05) is 11.3 Å². The molecule has 3 rings (SSSR count). The van der Waals surface area contributed by atoms with Crippen LogP contribution in [0.5, 0.6) is 0 Å². The first-order valence-electron chi connectivity index (χ1n) is 8.30. The fourth-order valence-corrected chi connectivity index (χ4v) is 2.80. The normalized spacial score (nSPS) is 10.2. The van der Waals surface area contributed by atoms with Gasteiger partial charge in [-0.3, -0.25) is 14.9 Å². The molecule has 142 valence electrons. The molecule has 0 unspecified atom stereocenters. The maximum absolute atomic E-state index is 12.2. The number of hydrogen-bond donors (Lipinski definition) is 3. The predicted octanol–water partition coefficient (Wildman–Crippen LogP) is 3.99. The summed E-state index contributed by atoms with van der Waals surface area (Å²) in [6.45, 7) is 0.310. The Labute approximate surface area is 171 Å². The van der Waals surface area contributed by atoms with E-state index in [1.54, 1.807) is 66.9 Å². The second-order valence-electron chi connectivity index (χ2n) is 5.73. The van der Waals surface area contributed by atoms with E-state index in [4.69, 9.17) is 28.2 Å². The van der Waals surface area contributed by atoms with Crippen molar-refractivity contribution in [2.24, 2.45) is 0 Å². The van der Waals surface area contributed by atoms with E-state index in [1.165, 1.54) is 0 Å². The highest BCUT2D eigenvalue weighted by molar-refractivity contribution is 7.80. The molecule has 0 bridgehead atoms. The highest BCUT2D eigenvalue weighted by atomic mass is 35.5. The maximum atomic E-state index is 12.2. The first-order valence-corrected chi connectivity index (χ1v) is 9.09. The monoisotopic (exact) mass is 413 g/mol. The van der Waals surface area contributed by atoms with Crippen LogP contribution in [0.25, 0.3) is 0 Å². The Morgan fingerprint density at radius 2 is 1.71 bits per heavy atom. The summed E-state index contributed by atoms with van der Waals surface area (Å²) in [4.78, 5) is 24.3. The zero-order valence-corrected chi connectivity index (χ0v) is 16.1. The van der Waals surface area contributed by atoms with E-state index in [0.717, 1.165) is 0 Å². The fourth-order valence-electron chi connectivity index (χ4n) is 2.37. The minimum atomic E-state index is -0.406. The molecule has 1 aromatic heterocycles. The third-order valence-electron chi connectivity index (χ3n) is 3.75. The van der Waals surface area contributed by atoms with Gasteiger partial charge in [-0.2, -0.15) is 0 Å². The number of carbonyl (C=O) groups excluding carboxylic acids is 2. The van der Waals surface area contributed by atoms with Crippen LogP contribution in [0.2, 0.25) is 5.02 Å². The molecule has 0 saturated carbocycles. The molecule has 8 heteroatoms. The minimum Gasteiger partial charge on any atom is -0.467 e. The topological polar surface area (TPSA) is 83.4 Å². The molecule has 1 heterocycles. The molecule has 3 aromatic rings. The standard InChI is InChI=1S/C20H16ClN3O3S/c21-17-6-2-1-5-16(17)19(26)24-20(28)23-14-9-7-13(8-10-14)18(25)22-12-15-4-3-11-27-15/h1-11H,12H2,(H,22,25)(H2,23,24,26,28). The van der Waals surface area contributed by atoms with E-state index in [0.29, 0.717) is 34.1 Å². The Balaban J connectivity index is 1.53. The van der Waals surface area contributed by atoms with Crippen LogP contribution in [0, 0.1) is 0 Å². The second kappa shape index (κ2) is 9.16. The van der Waals surface area contributed by atoms with Crippen molar-refractivity contribution in [3.05, 3.63) is 88.8 Å². The zero-order chi connectivity index (χ0) is 19.9. The van der Waals surface area contributed by atoms with Crippen molar-refractivity contribution in [1.82, 2.24) is 10.6 Å². The first-order chi connectivity index (χ1) is 13.5. The van der Waals surface area contributed by atoms with Crippen molar-refractivity contribution >= 4 is 46.4 Å². The summed E-state index contributed by atoms with van der Waals surface area (Å²) < 4.78 is 5.17. The summed E-state index contributed by atoms with van der Waals surface area (Å²) >= 11 is 11.2. The molecule has 0 aliphatic rings. The number of anilines is 1. The minimum absolute atomic E-state index is 0.125. The van der Waals surface area contributed by atoms with Crippen molar-refractivity contribution < 1.29 is 14.0 Å². The van der Waals surface area contributed by atoms with Crippen LogP contribution >= 0.6 is 23.8 Å². The van der Waals surface area contributed by atoms with Crippen molar-refractivity contribution in [3.8, 4) is 0 Å². The number of amides is 2. The quantitative estimate of drug-likeness (QED) is 0.551. The lowest BCUT2D eigenvalue weighted by molar-refractivity contribution is 0.0946. The van der Waals surface area contributed by atoms with Crippen molar-refractivity contribution in [2.75, 3.05) is 5.32 Å². The van der Waals surface area contributed by atoms with Gasteiger partial charge >= 0.3 is 0 Å². The first kappa shape index (κ1) is 19.6. The third kappa shape index (κ3) is 5.18. The summed E-state index contributed by atoms with van der Waals surface area (Å²) in [5.74, 6) is 0.0424. The van der Waals surface area contributed by atoms with Gasteiger partial charge in [-0.05, 0) is 60.7 Å². The fraction of sp³-hybridized carbons (Fsp3) is 0.0500. The highest BCUT2D eigenvalue weighted by Gasteiger charge is 2.11. The molecule has 3 N–H and O–H groups in total. The molecule has 0 radical (unpaired) electrons. The lowest BCUT2D eigenvalue weighted by Crippen LogP contribution is -2.34. The lowest BCUT2D eigenvalue weighted by atomic mass is 10.2. The number of halogens is 1. The average Bonchev–Trinajstić information content (AvgIpc) is 3.20. The van der Waals surface area contributed by atoms with Crippen molar-refractivity contribution in [2.45, 2.75) is 6.54 Å². The van der Waals surface area contributed by atoms with Gasteiger partial charge in [-0.25, -0.2) is 0 Å². The Kier molecular flexibility index (Phi) is 6.41. The number of hydrogen-bond acceptors (Lipinski definition) is 4. The van der Waals surface area contributed by atoms with Gasteiger partial charge in [0.1, 0.15) is 5.76 Å². The van der Waals surface area contributed by atoms with Crippen LogP contribution in [-0.2, 0) is 6.54 Å². The Morgan fingerprint density at radius 1 is 0.964 bits per heavy atom. The maximum Gasteiger partial charge on any atom is 0.258 e. The number of furan rings is 1. The average molecular weight is 414 g/mol. The van der Waals surface area contributed by atoms with E-state index >= 15 is 0 Å². The van der Waals surface area contributed by atoms with E-state index < -0.39 is 5.91 Å². The summed E-state index contributed by atoms with van der Waals surface area (Å²) in [5.41, 5.74) is 1.45. The molecule has 6 nitrogen and oxygen atoms in total. The van der Waals surface area contributed by atoms with Crippen LogP contribution in [0.3, 0.4) is 0 Å². The Morgan fingerprint density at radius 3 is 2.39 bits per heavy atom. The molecular formula is C20H16ClN3O3S. The molecule has 0 fully saturated rings. The molecule has 0 aliphatic carbocycles. The van der Waals surface area contributed by atoms with Crippen molar-refractivity contribution in [1.29, 1.82) is 0 Å². The number of benzene rings is 2. The number of rotatable bonds is 5. The van der Waals surface area contributed by atoms with E-state index in [9.17, 15) is 9.59 Å². The number of thiocarbonyl (C=S) groups is 1. The zero-order valence-electron chi connectivity index (χ0n) is 14.6. The summed E-state index contributed by atoms with van der Waals surface area (Å²) in [6.07, 6.45) is 1.55. The number of carbonyl (C=O) groups is 2. The van der Waals surface area contributed by atoms with Crippen LogP contribution in [0.1, 0.15) is 26.5 Å². The van der Waals surface area contributed by atoms with E-state index in [1.807, 2.05) is 0 Å². The number of nitrogens with one attached hydrogen (secondary N) is 3. The van der Waals surface area contributed by atoms with Crippen LogP contribution in [0.4, 0.5) is 5.69 Å². The predicted molar refractivity (Wildman–Crippen MR) is 111 cm³/mol. The van der Waals surface area contributed by atoms with E-state index in [2.05, 4.69) is 16.0 Å². The molecular weight excluding hydrogens is 398 g/mol. The molecule has 2 aromatic carbocycles. The molecule has 28 heavy (non-hydrogen) atoms. The van der Waals surface area contributed by atoms with Gasteiger partial charge < -0.3 is 15.1 Å². The highest BCUT2D eigenvalue weighted by Crippen LogP contribution is 2.15. The SMILES string of the molecule is O=C(NCc1ccco1)c1ccc(NC(=S)NC(=O)c2ccccc2Cl)cc1.